The third-order valence-electron chi connectivity index (χ3n) is 5.85. The molecule has 3 aliphatic carbocycles. The fourth-order valence-electron chi connectivity index (χ4n) is 4.22. The number of hydrogen-bond donors (Lipinski definition) is 1. The van der Waals surface area contributed by atoms with Crippen LogP contribution in [0.4, 0.5) is 0 Å². The van der Waals surface area contributed by atoms with Crippen LogP contribution < -0.4 is 5.73 Å². The Kier molecular flexibility index (Phi) is 3.55. The zero-order valence-electron chi connectivity index (χ0n) is 13.1. The highest BCUT2D eigenvalue weighted by atomic mass is 15.2. The van der Waals surface area contributed by atoms with Crippen molar-refractivity contribution >= 4 is 0 Å². The molecule has 3 aliphatic rings. The maximum atomic E-state index is 6.40. The van der Waals surface area contributed by atoms with Gasteiger partial charge in [0.2, 0.25) is 0 Å². The summed E-state index contributed by atoms with van der Waals surface area (Å²) in [6.45, 7) is 3.34. The van der Waals surface area contributed by atoms with E-state index in [0.29, 0.717) is 0 Å². The molecule has 2 saturated carbocycles. The maximum Gasteiger partial charge on any atom is 0.0586 e. The summed E-state index contributed by atoms with van der Waals surface area (Å²) in [5.74, 6) is 1.89. The molecule has 0 saturated heterocycles. The van der Waals surface area contributed by atoms with Crippen molar-refractivity contribution < 1.29 is 0 Å². The van der Waals surface area contributed by atoms with Crippen LogP contribution in [0.3, 0.4) is 0 Å². The predicted molar refractivity (Wildman–Crippen MR) is 87.1 cm³/mol. The van der Waals surface area contributed by atoms with E-state index >= 15 is 0 Å². The molecular weight excluding hydrogens is 256 g/mol. The SMILES string of the molecule is NCC1(N(CC2CC2)CC2CC2)CCCc2ccccc21. The molecule has 4 rings (SSSR count). The summed E-state index contributed by atoms with van der Waals surface area (Å²) < 4.78 is 0. The second-order valence-corrected chi connectivity index (χ2v) is 7.54. The van der Waals surface area contributed by atoms with Crippen molar-refractivity contribution in [2.75, 3.05) is 19.6 Å². The molecule has 0 heterocycles. The van der Waals surface area contributed by atoms with Crippen molar-refractivity contribution in [3.8, 4) is 0 Å². The fourth-order valence-corrected chi connectivity index (χ4v) is 4.22. The van der Waals surface area contributed by atoms with Gasteiger partial charge in [-0.25, -0.2) is 0 Å². The highest BCUT2D eigenvalue weighted by Crippen LogP contribution is 2.44. The first-order chi connectivity index (χ1) is 10.3. The molecule has 1 aromatic carbocycles. The van der Waals surface area contributed by atoms with E-state index in [2.05, 4.69) is 29.2 Å². The van der Waals surface area contributed by atoms with Crippen molar-refractivity contribution in [3.63, 3.8) is 0 Å². The van der Waals surface area contributed by atoms with Gasteiger partial charge >= 0.3 is 0 Å². The molecule has 21 heavy (non-hydrogen) atoms. The maximum absolute atomic E-state index is 6.40. The van der Waals surface area contributed by atoms with Gasteiger partial charge in [-0.05, 0) is 67.9 Å². The third-order valence-corrected chi connectivity index (χ3v) is 5.85. The van der Waals surface area contributed by atoms with Gasteiger partial charge in [0, 0.05) is 19.6 Å². The summed E-state index contributed by atoms with van der Waals surface area (Å²) in [5.41, 5.74) is 9.62. The van der Waals surface area contributed by atoms with E-state index in [4.69, 9.17) is 5.73 Å². The van der Waals surface area contributed by atoms with Crippen molar-refractivity contribution in [1.82, 2.24) is 4.90 Å². The summed E-state index contributed by atoms with van der Waals surface area (Å²) >= 11 is 0. The molecule has 0 aliphatic heterocycles. The molecule has 0 radical (unpaired) electrons. The van der Waals surface area contributed by atoms with Crippen LogP contribution in [0.5, 0.6) is 0 Å². The Balaban J connectivity index is 1.69. The summed E-state index contributed by atoms with van der Waals surface area (Å²) in [6.07, 6.45) is 9.51. The van der Waals surface area contributed by atoms with Crippen LogP contribution in [0.15, 0.2) is 24.3 Å². The van der Waals surface area contributed by atoms with E-state index < -0.39 is 0 Å². The topological polar surface area (TPSA) is 29.3 Å². The third kappa shape index (κ3) is 2.64. The minimum absolute atomic E-state index is 0.125. The highest BCUT2D eigenvalue weighted by Gasteiger charge is 2.44. The van der Waals surface area contributed by atoms with Crippen LogP contribution in [-0.2, 0) is 12.0 Å². The first-order valence-electron chi connectivity index (χ1n) is 8.85. The Hall–Kier alpha value is -0.860. The largest absolute Gasteiger partial charge is 0.328 e. The van der Waals surface area contributed by atoms with Crippen LogP contribution in [0.1, 0.15) is 49.7 Å². The Morgan fingerprint density at radius 1 is 1.05 bits per heavy atom. The first-order valence-corrected chi connectivity index (χ1v) is 8.85. The molecule has 2 fully saturated rings. The van der Waals surface area contributed by atoms with Gasteiger partial charge in [-0.3, -0.25) is 4.90 Å². The lowest BCUT2D eigenvalue weighted by Gasteiger charge is -2.47. The molecule has 0 aromatic heterocycles. The Morgan fingerprint density at radius 3 is 2.33 bits per heavy atom. The number of nitrogens with two attached hydrogens (primary N) is 1. The normalized spacial score (nSPS) is 28.7. The number of rotatable bonds is 6. The minimum atomic E-state index is 0.125. The number of benzene rings is 1. The van der Waals surface area contributed by atoms with E-state index in [1.807, 2.05) is 0 Å². The van der Waals surface area contributed by atoms with Gasteiger partial charge in [0.1, 0.15) is 0 Å². The average Bonchev–Trinajstić information content (AvgIpc) is 3.41. The number of hydrogen-bond acceptors (Lipinski definition) is 2. The van der Waals surface area contributed by atoms with Crippen LogP contribution >= 0.6 is 0 Å². The Bertz CT molecular complexity index is 490. The van der Waals surface area contributed by atoms with Crippen molar-refractivity contribution in [2.45, 2.75) is 50.5 Å². The van der Waals surface area contributed by atoms with Gasteiger partial charge in [0.25, 0.3) is 0 Å². The highest BCUT2D eigenvalue weighted by molar-refractivity contribution is 5.37. The molecule has 1 aromatic rings. The second-order valence-electron chi connectivity index (χ2n) is 7.54. The van der Waals surface area contributed by atoms with Gasteiger partial charge in [-0.15, -0.1) is 0 Å². The van der Waals surface area contributed by atoms with E-state index in [0.717, 1.165) is 18.4 Å². The molecule has 0 amide bonds. The summed E-state index contributed by atoms with van der Waals surface area (Å²) in [6, 6.07) is 9.08. The summed E-state index contributed by atoms with van der Waals surface area (Å²) in [7, 11) is 0. The molecule has 0 bridgehead atoms. The minimum Gasteiger partial charge on any atom is -0.328 e. The van der Waals surface area contributed by atoms with Gasteiger partial charge in [0.05, 0.1) is 5.54 Å². The fraction of sp³-hybridized carbons (Fsp3) is 0.684. The average molecular weight is 284 g/mol. The Labute approximate surface area is 128 Å². The smallest absolute Gasteiger partial charge is 0.0586 e. The lowest BCUT2D eigenvalue weighted by molar-refractivity contribution is 0.0635. The van der Waals surface area contributed by atoms with Gasteiger partial charge in [-0.1, -0.05) is 24.3 Å². The lowest BCUT2D eigenvalue weighted by Crippen LogP contribution is -2.54. The molecule has 1 unspecified atom stereocenters. The molecular formula is C19H28N2. The predicted octanol–water partition coefficient (Wildman–Crippen LogP) is 3.30. The number of fused-ring (bicyclic) bond motifs is 1. The van der Waals surface area contributed by atoms with Crippen LogP contribution in [0.25, 0.3) is 0 Å². The molecule has 2 heteroatoms. The molecule has 2 nitrogen and oxygen atoms in total. The van der Waals surface area contributed by atoms with Crippen LogP contribution in [-0.4, -0.2) is 24.5 Å². The number of nitrogens with zero attached hydrogens (tertiary/aromatic N) is 1. The molecule has 2 N–H and O–H groups in total. The molecule has 1 atom stereocenters. The van der Waals surface area contributed by atoms with E-state index in [9.17, 15) is 0 Å². The summed E-state index contributed by atoms with van der Waals surface area (Å²) in [4.78, 5) is 2.81. The van der Waals surface area contributed by atoms with Gasteiger partial charge < -0.3 is 5.73 Å². The van der Waals surface area contributed by atoms with Gasteiger partial charge in [-0.2, -0.15) is 0 Å². The second kappa shape index (κ2) is 5.40. The van der Waals surface area contributed by atoms with Crippen molar-refractivity contribution in [1.29, 1.82) is 0 Å². The Morgan fingerprint density at radius 2 is 1.71 bits per heavy atom. The van der Waals surface area contributed by atoms with E-state index in [-0.39, 0.29) is 5.54 Å². The van der Waals surface area contributed by atoms with Crippen LogP contribution in [0, 0.1) is 11.8 Å². The lowest BCUT2D eigenvalue weighted by atomic mass is 9.75. The van der Waals surface area contributed by atoms with E-state index in [1.165, 1.54) is 58.0 Å². The summed E-state index contributed by atoms with van der Waals surface area (Å²) in [5, 5.41) is 0. The monoisotopic (exact) mass is 284 g/mol. The van der Waals surface area contributed by atoms with Crippen LogP contribution in [0.2, 0.25) is 0 Å². The quantitative estimate of drug-likeness (QED) is 0.868. The van der Waals surface area contributed by atoms with Crippen molar-refractivity contribution in [2.24, 2.45) is 17.6 Å². The zero-order valence-corrected chi connectivity index (χ0v) is 13.1. The zero-order chi connectivity index (χ0) is 14.3. The first kappa shape index (κ1) is 13.8. The van der Waals surface area contributed by atoms with E-state index in [1.54, 1.807) is 11.1 Å². The van der Waals surface area contributed by atoms with Gasteiger partial charge in [0.15, 0.2) is 0 Å². The number of aryl methyl sites for hydroxylation is 1. The standard InChI is InChI=1S/C19H28N2/c20-14-19(11-3-5-17-4-1-2-6-18(17)19)21(12-15-7-8-15)13-16-9-10-16/h1-2,4,6,15-16H,3,5,7-14,20H2. The van der Waals surface area contributed by atoms with Crippen molar-refractivity contribution in [3.05, 3.63) is 35.4 Å². The molecule has 0 spiro atoms. The molecule has 114 valence electrons.